The maximum absolute atomic E-state index is 13.1. The van der Waals surface area contributed by atoms with Crippen molar-refractivity contribution in [2.45, 2.75) is 72.6 Å². The highest BCUT2D eigenvalue weighted by Crippen LogP contribution is 2.36. The largest absolute Gasteiger partial charge is 0.466 e. The van der Waals surface area contributed by atoms with Crippen LogP contribution >= 0.6 is 11.6 Å². The van der Waals surface area contributed by atoms with Crippen LogP contribution in [0.1, 0.15) is 52.7 Å². The van der Waals surface area contributed by atoms with Gasteiger partial charge in [0.05, 0.1) is 30.0 Å². The summed E-state index contributed by atoms with van der Waals surface area (Å²) in [7, 11) is 0. The lowest BCUT2D eigenvalue weighted by Crippen LogP contribution is -2.49. The quantitative estimate of drug-likeness (QED) is 0.473. The Hall–Kier alpha value is -3.48. The van der Waals surface area contributed by atoms with E-state index in [0.717, 1.165) is 16.5 Å². The van der Waals surface area contributed by atoms with E-state index >= 15 is 0 Å². The van der Waals surface area contributed by atoms with E-state index in [9.17, 15) is 19.2 Å². The molecular formula is C25H34ClN7O6. The van der Waals surface area contributed by atoms with Crippen molar-refractivity contribution in [3.8, 4) is 0 Å². The Morgan fingerprint density at radius 2 is 1.95 bits per heavy atom. The highest BCUT2D eigenvalue weighted by molar-refractivity contribution is 6.30. The predicted molar refractivity (Wildman–Crippen MR) is 141 cm³/mol. The summed E-state index contributed by atoms with van der Waals surface area (Å²) in [6, 6.07) is 0. The second-order valence-corrected chi connectivity index (χ2v) is 11.5. The van der Waals surface area contributed by atoms with Gasteiger partial charge in [0.1, 0.15) is 11.6 Å². The molecule has 39 heavy (non-hydrogen) atoms. The monoisotopic (exact) mass is 563 g/mol. The Bertz CT molecular complexity index is 1360. The molecule has 1 atom stereocenters. The van der Waals surface area contributed by atoms with Crippen molar-refractivity contribution in [2.24, 2.45) is 16.0 Å². The summed E-state index contributed by atoms with van der Waals surface area (Å²) in [6.07, 6.45) is 4.57. The normalized spacial score (nSPS) is 18.9. The zero-order valence-corrected chi connectivity index (χ0v) is 23.4. The molecule has 0 saturated carbocycles. The lowest BCUT2D eigenvalue weighted by atomic mass is 9.74. The molecule has 0 aliphatic carbocycles. The summed E-state index contributed by atoms with van der Waals surface area (Å²) in [6.45, 7) is 9.07. The maximum Gasteiger partial charge on any atom is 0.328 e. The molecule has 2 aromatic heterocycles. The van der Waals surface area contributed by atoms with Crippen molar-refractivity contribution in [2.75, 3.05) is 19.7 Å². The zero-order chi connectivity index (χ0) is 28.4. The van der Waals surface area contributed by atoms with E-state index in [0.29, 0.717) is 51.0 Å². The number of nitrogens with one attached hydrogen (secondary N) is 1. The average Bonchev–Trinajstić information content (AvgIpc) is 3.53. The van der Waals surface area contributed by atoms with Gasteiger partial charge >= 0.3 is 11.7 Å². The molecule has 0 radical (unpaired) electrons. The summed E-state index contributed by atoms with van der Waals surface area (Å²) in [4.78, 5) is 58.8. The van der Waals surface area contributed by atoms with Gasteiger partial charge in [-0.05, 0) is 19.8 Å². The number of amides is 1. The fourth-order valence-electron chi connectivity index (χ4n) is 4.80. The van der Waals surface area contributed by atoms with Crippen LogP contribution in [-0.2, 0) is 38.7 Å². The SMILES string of the molecule is CCOC(=O)C1(Cc2cn(CC3CC(C(C)(C)C)=NO3)nn2)CCN(C(=O)Cn2cc(Cl)c(=O)[nH]c2=O)CC1. The molecule has 13 nitrogen and oxygen atoms in total. The molecular weight excluding hydrogens is 530 g/mol. The van der Waals surface area contributed by atoms with Crippen molar-refractivity contribution >= 4 is 29.2 Å². The van der Waals surface area contributed by atoms with Gasteiger partial charge in [-0.15, -0.1) is 5.10 Å². The Morgan fingerprint density at radius 1 is 1.23 bits per heavy atom. The summed E-state index contributed by atoms with van der Waals surface area (Å²) in [5.74, 6) is -0.658. The number of carbonyl (C=O) groups excluding carboxylic acids is 2. The fraction of sp³-hybridized carbons (Fsp3) is 0.640. The number of carbonyl (C=O) groups is 2. The molecule has 1 fully saturated rings. The summed E-state index contributed by atoms with van der Waals surface area (Å²) in [5.41, 5.74) is -0.705. The first kappa shape index (κ1) is 28.5. The van der Waals surface area contributed by atoms with E-state index in [1.807, 2.05) is 6.20 Å². The van der Waals surface area contributed by atoms with Gasteiger partial charge in [0.15, 0.2) is 6.10 Å². The van der Waals surface area contributed by atoms with Crippen LogP contribution in [0.15, 0.2) is 27.1 Å². The lowest BCUT2D eigenvalue weighted by Gasteiger charge is -2.39. The molecule has 2 aromatic rings. The third-order valence-electron chi connectivity index (χ3n) is 7.15. The second-order valence-electron chi connectivity index (χ2n) is 11.1. The Kier molecular flexibility index (Phi) is 8.28. The number of hydrogen-bond donors (Lipinski definition) is 1. The van der Waals surface area contributed by atoms with Crippen LogP contribution in [0.5, 0.6) is 0 Å². The number of H-pyrrole nitrogens is 1. The van der Waals surface area contributed by atoms with E-state index in [-0.39, 0.29) is 41.6 Å². The minimum Gasteiger partial charge on any atom is -0.466 e. The lowest BCUT2D eigenvalue weighted by molar-refractivity contribution is -0.160. The molecule has 2 aliphatic heterocycles. The van der Waals surface area contributed by atoms with E-state index < -0.39 is 16.7 Å². The third-order valence-corrected chi connectivity index (χ3v) is 7.42. The molecule has 4 heterocycles. The number of piperidine rings is 1. The van der Waals surface area contributed by atoms with Crippen LogP contribution in [-0.4, -0.2) is 72.8 Å². The van der Waals surface area contributed by atoms with E-state index in [2.05, 4.69) is 41.2 Å². The van der Waals surface area contributed by atoms with Crippen molar-refractivity contribution in [3.63, 3.8) is 0 Å². The van der Waals surface area contributed by atoms with Crippen molar-refractivity contribution in [3.05, 3.63) is 43.9 Å². The molecule has 4 rings (SSSR count). The summed E-state index contributed by atoms with van der Waals surface area (Å²) in [5, 5.41) is 12.6. The molecule has 14 heteroatoms. The molecule has 0 bridgehead atoms. The molecule has 2 aliphatic rings. The molecule has 0 aromatic carbocycles. The molecule has 0 spiro atoms. The third kappa shape index (κ3) is 6.57. The van der Waals surface area contributed by atoms with Crippen LogP contribution < -0.4 is 11.2 Å². The standard InChI is InChI=1S/C25H34ClN7O6/c1-5-38-22(36)25(11-16-12-33(30-28-16)13-17-10-19(29-39-17)24(2,3)4)6-8-31(9-7-25)20(34)15-32-14-18(26)21(35)27-23(32)37/h12,14,17H,5-11,13,15H2,1-4H3,(H,27,35,37). The topological polar surface area (TPSA) is 154 Å². The van der Waals surface area contributed by atoms with Crippen molar-refractivity contribution < 1.29 is 19.2 Å². The minimum absolute atomic E-state index is 0.0620. The van der Waals surface area contributed by atoms with E-state index in [4.69, 9.17) is 21.2 Å². The number of nitrogens with zero attached hydrogens (tertiary/aromatic N) is 6. The van der Waals surface area contributed by atoms with Crippen LogP contribution in [0.3, 0.4) is 0 Å². The smallest absolute Gasteiger partial charge is 0.328 e. The van der Waals surface area contributed by atoms with Gasteiger partial charge in [-0.1, -0.05) is 42.7 Å². The van der Waals surface area contributed by atoms with Crippen LogP contribution in [0.2, 0.25) is 5.02 Å². The highest BCUT2D eigenvalue weighted by Gasteiger charge is 2.44. The van der Waals surface area contributed by atoms with E-state index in [1.165, 1.54) is 0 Å². The first-order valence-electron chi connectivity index (χ1n) is 13.0. The van der Waals surface area contributed by atoms with Crippen molar-refractivity contribution in [1.82, 2.24) is 29.4 Å². The van der Waals surface area contributed by atoms with Gasteiger partial charge in [0.25, 0.3) is 5.56 Å². The Balaban J connectivity index is 1.40. The number of esters is 1. The summed E-state index contributed by atoms with van der Waals surface area (Å²) >= 11 is 5.80. The molecule has 1 amide bonds. The molecule has 1 N–H and O–H groups in total. The number of likely N-dealkylation sites (tertiary alicyclic amines) is 1. The second kappa shape index (κ2) is 11.3. The maximum atomic E-state index is 13.1. The van der Waals surface area contributed by atoms with Crippen molar-refractivity contribution in [1.29, 1.82) is 0 Å². The first-order valence-corrected chi connectivity index (χ1v) is 13.3. The molecule has 1 unspecified atom stereocenters. The first-order chi connectivity index (χ1) is 18.4. The van der Waals surface area contributed by atoms with Crippen LogP contribution in [0.25, 0.3) is 0 Å². The Labute approximate surface area is 230 Å². The Morgan fingerprint density at radius 3 is 2.59 bits per heavy atom. The molecule has 212 valence electrons. The average molecular weight is 564 g/mol. The number of halogens is 1. The van der Waals surface area contributed by atoms with Gasteiger partial charge in [-0.2, -0.15) is 0 Å². The number of hydrogen-bond acceptors (Lipinski definition) is 9. The zero-order valence-electron chi connectivity index (χ0n) is 22.6. The van der Waals surface area contributed by atoms with Gasteiger partial charge in [0, 0.05) is 43.7 Å². The van der Waals surface area contributed by atoms with Gasteiger partial charge in [0.2, 0.25) is 5.91 Å². The number of oxime groups is 1. The van der Waals surface area contributed by atoms with Gasteiger partial charge in [-0.3, -0.25) is 23.9 Å². The van der Waals surface area contributed by atoms with Gasteiger partial charge < -0.3 is 14.5 Å². The summed E-state index contributed by atoms with van der Waals surface area (Å²) < 4.78 is 8.18. The van der Waals surface area contributed by atoms with Crippen LogP contribution in [0, 0.1) is 10.8 Å². The van der Waals surface area contributed by atoms with E-state index in [1.54, 1.807) is 16.5 Å². The number of aromatic nitrogens is 5. The minimum atomic E-state index is -0.863. The number of aromatic amines is 1. The predicted octanol–water partition coefficient (Wildman–Crippen LogP) is 1.39. The number of ether oxygens (including phenoxy) is 1. The van der Waals surface area contributed by atoms with Gasteiger partial charge in [-0.25, -0.2) is 9.48 Å². The van der Waals surface area contributed by atoms with Crippen LogP contribution in [0.4, 0.5) is 0 Å². The number of rotatable bonds is 8. The fourth-order valence-corrected chi connectivity index (χ4v) is 4.97. The highest BCUT2D eigenvalue weighted by atomic mass is 35.5. The molecule has 1 saturated heterocycles.